The quantitative estimate of drug-likeness (QED) is 0.586. The van der Waals surface area contributed by atoms with Gasteiger partial charge in [0.15, 0.2) is 12.1 Å². The predicted molar refractivity (Wildman–Crippen MR) is 45.1 cm³/mol. The molecule has 1 aromatic heterocycles. The Hall–Kier alpha value is -1.12. The highest BCUT2D eigenvalue weighted by atomic mass is 16.1. The number of hydrogen-bond acceptors (Lipinski definition) is 2. The lowest BCUT2D eigenvalue weighted by molar-refractivity contribution is 0.110. The SMILES string of the molecule is CC1CCc2cnc(C=O)n2C1. The normalized spacial score (nSPS) is 21.9. The van der Waals surface area contributed by atoms with Gasteiger partial charge in [-0.15, -0.1) is 0 Å². The van der Waals surface area contributed by atoms with Crippen molar-refractivity contribution in [3.05, 3.63) is 17.7 Å². The molecule has 0 N–H and O–H groups in total. The van der Waals surface area contributed by atoms with Crippen LogP contribution in [0.2, 0.25) is 0 Å². The second kappa shape index (κ2) is 2.73. The van der Waals surface area contributed by atoms with Crippen molar-refractivity contribution >= 4 is 6.29 Å². The summed E-state index contributed by atoms with van der Waals surface area (Å²) in [7, 11) is 0. The zero-order valence-corrected chi connectivity index (χ0v) is 7.16. The lowest BCUT2D eigenvalue weighted by Crippen LogP contribution is -2.19. The number of carbonyl (C=O) groups is 1. The molecule has 0 aromatic carbocycles. The molecule has 3 heteroatoms. The molecule has 0 bridgehead atoms. The molecule has 0 radical (unpaired) electrons. The van der Waals surface area contributed by atoms with Gasteiger partial charge in [-0.2, -0.15) is 0 Å². The van der Waals surface area contributed by atoms with Gasteiger partial charge in [-0.25, -0.2) is 4.98 Å². The van der Waals surface area contributed by atoms with Crippen LogP contribution >= 0.6 is 0 Å². The lowest BCUT2D eigenvalue weighted by atomic mass is 10.0. The molecule has 1 unspecified atom stereocenters. The van der Waals surface area contributed by atoms with E-state index >= 15 is 0 Å². The van der Waals surface area contributed by atoms with E-state index in [2.05, 4.69) is 11.9 Å². The van der Waals surface area contributed by atoms with E-state index in [9.17, 15) is 4.79 Å². The fourth-order valence-corrected chi connectivity index (χ4v) is 1.73. The molecule has 12 heavy (non-hydrogen) atoms. The van der Waals surface area contributed by atoms with E-state index in [1.807, 2.05) is 10.8 Å². The molecular formula is C9H12N2O. The van der Waals surface area contributed by atoms with Crippen LogP contribution in [0.3, 0.4) is 0 Å². The standard InChI is InChI=1S/C9H12N2O/c1-7-2-3-8-4-10-9(6-12)11(8)5-7/h4,6-7H,2-3,5H2,1H3. The Balaban J connectivity index is 2.40. The number of fused-ring (bicyclic) bond motifs is 1. The number of carbonyl (C=O) groups excluding carboxylic acids is 1. The average molecular weight is 164 g/mol. The molecule has 0 amide bonds. The third-order valence-electron chi connectivity index (χ3n) is 2.46. The summed E-state index contributed by atoms with van der Waals surface area (Å²) in [6, 6.07) is 0. The summed E-state index contributed by atoms with van der Waals surface area (Å²) in [6.45, 7) is 3.15. The molecule has 2 rings (SSSR count). The van der Waals surface area contributed by atoms with Gasteiger partial charge in [0.05, 0.1) is 0 Å². The highest BCUT2D eigenvalue weighted by molar-refractivity contribution is 5.69. The summed E-state index contributed by atoms with van der Waals surface area (Å²) >= 11 is 0. The average Bonchev–Trinajstić information content (AvgIpc) is 2.46. The Morgan fingerprint density at radius 2 is 2.58 bits per heavy atom. The summed E-state index contributed by atoms with van der Waals surface area (Å²) < 4.78 is 2.03. The van der Waals surface area contributed by atoms with Crippen molar-refractivity contribution in [1.82, 2.24) is 9.55 Å². The van der Waals surface area contributed by atoms with Crippen molar-refractivity contribution in [3.8, 4) is 0 Å². The largest absolute Gasteiger partial charge is 0.326 e. The van der Waals surface area contributed by atoms with Crippen LogP contribution in [-0.2, 0) is 13.0 Å². The van der Waals surface area contributed by atoms with E-state index in [0.717, 1.165) is 19.3 Å². The van der Waals surface area contributed by atoms with Crippen LogP contribution in [0.25, 0.3) is 0 Å². The smallest absolute Gasteiger partial charge is 0.185 e. The van der Waals surface area contributed by atoms with Crippen LogP contribution < -0.4 is 0 Å². The van der Waals surface area contributed by atoms with Gasteiger partial charge in [-0.3, -0.25) is 4.79 Å². The van der Waals surface area contributed by atoms with E-state index in [1.54, 1.807) is 0 Å². The maximum atomic E-state index is 10.6. The van der Waals surface area contributed by atoms with E-state index in [0.29, 0.717) is 11.7 Å². The van der Waals surface area contributed by atoms with E-state index < -0.39 is 0 Å². The summed E-state index contributed by atoms with van der Waals surface area (Å²) in [4.78, 5) is 14.6. The third-order valence-corrected chi connectivity index (χ3v) is 2.46. The molecule has 1 aliphatic rings. The monoisotopic (exact) mass is 164 g/mol. The van der Waals surface area contributed by atoms with Crippen LogP contribution in [0.1, 0.15) is 29.7 Å². The first kappa shape index (κ1) is 7.53. The number of aromatic nitrogens is 2. The molecular weight excluding hydrogens is 152 g/mol. The molecule has 0 aliphatic carbocycles. The molecule has 1 atom stereocenters. The van der Waals surface area contributed by atoms with Crippen molar-refractivity contribution in [2.24, 2.45) is 5.92 Å². The highest BCUT2D eigenvalue weighted by Gasteiger charge is 2.17. The van der Waals surface area contributed by atoms with Gasteiger partial charge in [0.1, 0.15) is 0 Å². The summed E-state index contributed by atoms with van der Waals surface area (Å²) in [6.07, 6.45) is 4.92. The van der Waals surface area contributed by atoms with E-state index in [4.69, 9.17) is 0 Å². The van der Waals surface area contributed by atoms with Gasteiger partial charge in [0, 0.05) is 18.4 Å². The first-order valence-electron chi connectivity index (χ1n) is 4.31. The minimum Gasteiger partial charge on any atom is -0.326 e. The highest BCUT2D eigenvalue weighted by Crippen LogP contribution is 2.20. The molecule has 0 saturated heterocycles. The number of rotatable bonds is 1. The molecule has 0 spiro atoms. The first-order chi connectivity index (χ1) is 5.81. The number of imidazole rings is 1. The van der Waals surface area contributed by atoms with Gasteiger partial charge >= 0.3 is 0 Å². The zero-order valence-electron chi connectivity index (χ0n) is 7.16. The fourth-order valence-electron chi connectivity index (χ4n) is 1.73. The molecule has 3 nitrogen and oxygen atoms in total. The Morgan fingerprint density at radius 1 is 1.75 bits per heavy atom. The maximum Gasteiger partial charge on any atom is 0.185 e. The minimum absolute atomic E-state index is 0.580. The molecule has 1 aliphatic heterocycles. The molecule has 64 valence electrons. The van der Waals surface area contributed by atoms with Gasteiger partial charge in [-0.05, 0) is 18.8 Å². The molecule has 0 fully saturated rings. The summed E-state index contributed by atoms with van der Waals surface area (Å²) in [5.74, 6) is 1.25. The van der Waals surface area contributed by atoms with Crippen LogP contribution in [-0.4, -0.2) is 15.8 Å². The number of nitrogens with zero attached hydrogens (tertiary/aromatic N) is 2. The van der Waals surface area contributed by atoms with E-state index in [1.165, 1.54) is 12.1 Å². The second-order valence-electron chi connectivity index (χ2n) is 3.48. The lowest BCUT2D eigenvalue weighted by Gasteiger charge is -2.20. The van der Waals surface area contributed by atoms with Gasteiger partial charge in [-0.1, -0.05) is 6.92 Å². The van der Waals surface area contributed by atoms with Crippen LogP contribution in [0.15, 0.2) is 6.20 Å². The Bertz CT molecular complexity index is 303. The van der Waals surface area contributed by atoms with Crippen molar-refractivity contribution in [2.45, 2.75) is 26.3 Å². The summed E-state index contributed by atoms with van der Waals surface area (Å²) in [5.41, 5.74) is 1.20. The first-order valence-corrected chi connectivity index (χ1v) is 4.31. The number of hydrogen-bond donors (Lipinski definition) is 0. The van der Waals surface area contributed by atoms with Crippen LogP contribution in [0.4, 0.5) is 0 Å². The predicted octanol–water partition coefficient (Wildman–Crippen LogP) is 1.28. The van der Waals surface area contributed by atoms with Crippen LogP contribution in [0, 0.1) is 5.92 Å². The Labute approximate surface area is 71.4 Å². The van der Waals surface area contributed by atoms with Gasteiger partial charge in [0.25, 0.3) is 0 Å². The molecule has 2 heterocycles. The van der Waals surface area contributed by atoms with Crippen molar-refractivity contribution in [1.29, 1.82) is 0 Å². The number of aryl methyl sites for hydroxylation is 1. The summed E-state index contributed by atoms with van der Waals surface area (Å²) in [5, 5.41) is 0. The molecule has 1 aromatic rings. The van der Waals surface area contributed by atoms with Crippen molar-refractivity contribution < 1.29 is 4.79 Å². The minimum atomic E-state index is 0.580. The molecule has 0 saturated carbocycles. The maximum absolute atomic E-state index is 10.6. The number of aldehydes is 1. The van der Waals surface area contributed by atoms with Crippen molar-refractivity contribution in [3.63, 3.8) is 0 Å². The fraction of sp³-hybridized carbons (Fsp3) is 0.556. The second-order valence-corrected chi connectivity index (χ2v) is 3.48. The van der Waals surface area contributed by atoms with Crippen molar-refractivity contribution in [2.75, 3.05) is 0 Å². The van der Waals surface area contributed by atoms with Gasteiger partial charge < -0.3 is 4.57 Å². The Kier molecular flexibility index (Phi) is 1.71. The zero-order chi connectivity index (χ0) is 8.55. The van der Waals surface area contributed by atoms with Crippen LogP contribution in [0.5, 0.6) is 0 Å². The third kappa shape index (κ3) is 1.05. The van der Waals surface area contributed by atoms with E-state index in [-0.39, 0.29) is 0 Å². The Morgan fingerprint density at radius 3 is 3.33 bits per heavy atom. The van der Waals surface area contributed by atoms with Gasteiger partial charge in [0.2, 0.25) is 0 Å². The topological polar surface area (TPSA) is 34.9 Å².